The van der Waals surface area contributed by atoms with E-state index in [1.807, 2.05) is 38.1 Å². The minimum absolute atomic E-state index is 0.152. The zero-order chi connectivity index (χ0) is 13.5. The highest BCUT2D eigenvalue weighted by molar-refractivity contribution is 5.81. The van der Waals surface area contributed by atoms with Crippen LogP contribution in [0.1, 0.15) is 19.4 Å². The Morgan fingerprint density at radius 2 is 1.94 bits per heavy atom. The zero-order valence-corrected chi connectivity index (χ0v) is 11.1. The van der Waals surface area contributed by atoms with Gasteiger partial charge in [-0.05, 0) is 38.0 Å². The van der Waals surface area contributed by atoms with E-state index in [1.165, 1.54) is 0 Å². The van der Waals surface area contributed by atoms with Gasteiger partial charge in [-0.3, -0.25) is 10.2 Å². The molecule has 0 saturated carbocycles. The number of amides is 1. The summed E-state index contributed by atoms with van der Waals surface area (Å²) in [5.74, 6) is 0.599. The molecule has 0 fully saturated rings. The third kappa shape index (κ3) is 4.73. The fraction of sp³-hybridized carbons (Fsp3) is 0.462. The molecule has 0 heterocycles. The number of ether oxygens (including phenoxy) is 1. The Morgan fingerprint density at radius 1 is 1.33 bits per heavy atom. The SMILES string of the molecule is CNNC(=O)C(N)Cc1ccc(OC(C)C)cc1. The highest BCUT2D eigenvalue weighted by Crippen LogP contribution is 2.14. The van der Waals surface area contributed by atoms with Crippen molar-refractivity contribution in [1.29, 1.82) is 0 Å². The molecule has 1 amide bonds. The van der Waals surface area contributed by atoms with E-state index < -0.39 is 6.04 Å². The van der Waals surface area contributed by atoms with Gasteiger partial charge in [0.25, 0.3) is 5.91 Å². The van der Waals surface area contributed by atoms with Crippen LogP contribution in [0.5, 0.6) is 5.75 Å². The zero-order valence-electron chi connectivity index (χ0n) is 11.1. The summed E-state index contributed by atoms with van der Waals surface area (Å²) in [7, 11) is 1.63. The summed E-state index contributed by atoms with van der Waals surface area (Å²) < 4.78 is 5.54. The third-order valence-electron chi connectivity index (χ3n) is 2.34. The molecule has 0 aromatic heterocycles. The van der Waals surface area contributed by atoms with Crippen molar-refractivity contribution in [2.24, 2.45) is 5.73 Å². The van der Waals surface area contributed by atoms with Gasteiger partial charge in [-0.15, -0.1) is 0 Å². The minimum atomic E-state index is -0.561. The number of nitrogens with two attached hydrogens (primary N) is 1. The molecule has 0 spiro atoms. The summed E-state index contributed by atoms with van der Waals surface area (Å²) in [5, 5.41) is 0. The number of carbonyl (C=O) groups is 1. The molecule has 1 atom stereocenters. The van der Waals surface area contributed by atoms with Crippen LogP contribution >= 0.6 is 0 Å². The molecule has 0 bridgehead atoms. The summed E-state index contributed by atoms with van der Waals surface area (Å²) in [6.07, 6.45) is 0.648. The quantitative estimate of drug-likeness (QED) is 0.647. The fourth-order valence-electron chi connectivity index (χ4n) is 1.54. The molecule has 1 aromatic carbocycles. The lowest BCUT2D eigenvalue weighted by Gasteiger charge is -2.13. The van der Waals surface area contributed by atoms with Crippen LogP contribution < -0.4 is 21.3 Å². The number of carbonyl (C=O) groups excluding carboxylic acids is 1. The number of benzene rings is 1. The molecule has 0 aliphatic rings. The van der Waals surface area contributed by atoms with Crippen molar-refractivity contribution in [3.05, 3.63) is 29.8 Å². The Kier molecular flexibility index (Phi) is 5.61. The topological polar surface area (TPSA) is 76.4 Å². The highest BCUT2D eigenvalue weighted by atomic mass is 16.5. The van der Waals surface area contributed by atoms with Crippen molar-refractivity contribution < 1.29 is 9.53 Å². The summed E-state index contributed by atoms with van der Waals surface area (Å²) in [6, 6.07) is 7.05. The molecule has 1 aromatic rings. The van der Waals surface area contributed by atoms with Crippen molar-refractivity contribution in [1.82, 2.24) is 10.9 Å². The Labute approximate surface area is 108 Å². The maximum Gasteiger partial charge on any atom is 0.251 e. The van der Waals surface area contributed by atoms with Crippen molar-refractivity contribution >= 4 is 5.91 Å². The molecule has 18 heavy (non-hydrogen) atoms. The lowest BCUT2D eigenvalue weighted by Crippen LogP contribution is -2.46. The molecular formula is C13H21N3O2. The van der Waals surface area contributed by atoms with Crippen molar-refractivity contribution in [2.45, 2.75) is 32.4 Å². The fourth-order valence-corrected chi connectivity index (χ4v) is 1.54. The smallest absolute Gasteiger partial charge is 0.251 e. The van der Waals surface area contributed by atoms with Crippen LogP contribution in [0.4, 0.5) is 0 Å². The molecule has 100 valence electrons. The van der Waals surface area contributed by atoms with E-state index in [2.05, 4.69) is 10.9 Å². The first-order valence-electron chi connectivity index (χ1n) is 6.00. The summed E-state index contributed by atoms with van der Waals surface area (Å²) in [5.41, 5.74) is 11.8. The van der Waals surface area contributed by atoms with E-state index in [9.17, 15) is 4.79 Å². The normalized spacial score (nSPS) is 12.3. The predicted molar refractivity (Wildman–Crippen MR) is 71.1 cm³/mol. The Morgan fingerprint density at radius 3 is 2.44 bits per heavy atom. The molecule has 0 aliphatic carbocycles. The van der Waals surface area contributed by atoms with Gasteiger partial charge in [-0.2, -0.15) is 0 Å². The average molecular weight is 251 g/mol. The number of hydrazine groups is 1. The summed E-state index contributed by atoms with van der Waals surface area (Å²) in [6.45, 7) is 3.96. The Hall–Kier alpha value is -1.59. The molecule has 5 heteroatoms. The van der Waals surface area contributed by atoms with Gasteiger partial charge in [-0.25, -0.2) is 5.43 Å². The van der Waals surface area contributed by atoms with Gasteiger partial charge in [0.2, 0.25) is 0 Å². The van der Waals surface area contributed by atoms with Gasteiger partial charge in [-0.1, -0.05) is 12.1 Å². The standard InChI is InChI=1S/C13H21N3O2/c1-9(2)18-11-6-4-10(5-7-11)8-12(14)13(17)16-15-3/h4-7,9,12,15H,8,14H2,1-3H3,(H,16,17). The van der Waals surface area contributed by atoms with Crippen LogP contribution in [0.25, 0.3) is 0 Å². The van der Waals surface area contributed by atoms with Gasteiger partial charge < -0.3 is 10.5 Å². The number of rotatable bonds is 6. The van der Waals surface area contributed by atoms with Crippen LogP contribution in [0.2, 0.25) is 0 Å². The van der Waals surface area contributed by atoms with Gasteiger partial charge >= 0.3 is 0 Å². The Bertz CT molecular complexity index is 376. The predicted octanol–water partition coefficient (Wildman–Crippen LogP) is 0.594. The second-order valence-electron chi connectivity index (χ2n) is 4.36. The maximum absolute atomic E-state index is 11.4. The van der Waals surface area contributed by atoms with E-state index in [0.717, 1.165) is 11.3 Å². The van der Waals surface area contributed by atoms with Gasteiger partial charge in [0.15, 0.2) is 0 Å². The molecule has 5 nitrogen and oxygen atoms in total. The van der Waals surface area contributed by atoms with E-state index in [-0.39, 0.29) is 12.0 Å². The number of hydrogen-bond acceptors (Lipinski definition) is 4. The second-order valence-corrected chi connectivity index (χ2v) is 4.36. The molecule has 0 radical (unpaired) electrons. The molecule has 4 N–H and O–H groups in total. The van der Waals surface area contributed by atoms with Gasteiger partial charge in [0, 0.05) is 7.05 Å². The van der Waals surface area contributed by atoms with Gasteiger partial charge in [0.05, 0.1) is 12.1 Å². The lowest BCUT2D eigenvalue weighted by atomic mass is 10.1. The average Bonchev–Trinajstić information content (AvgIpc) is 2.31. The first-order valence-corrected chi connectivity index (χ1v) is 6.00. The number of hydrogen-bond donors (Lipinski definition) is 3. The highest BCUT2D eigenvalue weighted by Gasteiger charge is 2.13. The van der Waals surface area contributed by atoms with Crippen LogP contribution in [0.3, 0.4) is 0 Å². The first-order chi connectivity index (χ1) is 8.52. The Balaban J connectivity index is 2.55. The van der Waals surface area contributed by atoms with E-state index in [4.69, 9.17) is 10.5 Å². The van der Waals surface area contributed by atoms with E-state index in [1.54, 1.807) is 7.05 Å². The second kappa shape index (κ2) is 6.98. The van der Waals surface area contributed by atoms with E-state index in [0.29, 0.717) is 6.42 Å². The molecule has 1 rings (SSSR count). The number of nitrogens with one attached hydrogen (secondary N) is 2. The molecule has 0 aliphatic heterocycles. The van der Waals surface area contributed by atoms with Crippen molar-refractivity contribution in [3.63, 3.8) is 0 Å². The third-order valence-corrected chi connectivity index (χ3v) is 2.34. The summed E-state index contributed by atoms with van der Waals surface area (Å²) >= 11 is 0. The molecular weight excluding hydrogens is 230 g/mol. The monoisotopic (exact) mass is 251 g/mol. The minimum Gasteiger partial charge on any atom is -0.491 e. The van der Waals surface area contributed by atoms with Crippen LogP contribution in [0, 0.1) is 0 Å². The lowest BCUT2D eigenvalue weighted by molar-refractivity contribution is -0.123. The van der Waals surface area contributed by atoms with Crippen molar-refractivity contribution in [2.75, 3.05) is 7.05 Å². The largest absolute Gasteiger partial charge is 0.491 e. The first kappa shape index (κ1) is 14.5. The molecule has 0 saturated heterocycles. The van der Waals surface area contributed by atoms with Crippen molar-refractivity contribution in [3.8, 4) is 5.75 Å². The van der Waals surface area contributed by atoms with Crippen LogP contribution in [0.15, 0.2) is 24.3 Å². The molecule has 1 unspecified atom stereocenters. The van der Waals surface area contributed by atoms with Crippen LogP contribution in [-0.4, -0.2) is 25.1 Å². The summed E-state index contributed by atoms with van der Waals surface area (Å²) in [4.78, 5) is 11.4. The van der Waals surface area contributed by atoms with E-state index >= 15 is 0 Å². The van der Waals surface area contributed by atoms with Gasteiger partial charge in [0.1, 0.15) is 5.75 Å². The van der Waals surface area contributed by atoms with Crippen LogP contribution in [-0.2, 0) is 11.2 Å². The maximum atomic E-state index is 11.4.